The smallest absolute Gasteiger partial charge is 0.118 e. The third-order valence-electron chi connectivity index (χ3n) is 4.75. The Labute approximate surface area is 121 Å². The Morgan fingerprint density at radius 1 is 0.950 bits per heavy atom. The molecule has 0 N–H and O–H groups in total. The lowest BCUT2D eigenvalue weighted by molar-refractivity contribution is 0.200. The van der Waals surface area contributed by atoms with Crippen LogP contribution in [0.25, 0.3) is 0 Å². The van der Waals surface area contributed by atoms with Gasteiger partial charge in [0, 0.05) is 0 Å². The van der Waals surface area contributed by atoms with Crippen LogP contribution >= 0.6 is 0 Å². The molecule has 0 aromatic heterocycles. The molecule has 20 heavy (non-hydrogen) atoms. The highest BCUT2D eigenvalue weighted by Gasteiger charge is 2.41. The van der Waals surface area contributed by atoms with E-state index in [0.717, 1.165) is 11.7 Å². The fourth-order valence-corrected chi connectivity index (χ4v) is 3.55. The minimum atomic E-state index is 0.660. The molecule has 2 aromatic rings. The molecule has 3 rings (SSSR count). The van der Waals surface area contributed by atoms with Crippen molar-refractivity contribution in [3.8, 4) is 5.75 Å². The lowest BCUT2D eigenvalue weighted by Crippen LogP contribution is -2.32. The van der Waals surface area contributed by atoms with Crippen LogP contribution in [0.2, 0.25) is 0 Å². The zero-order valence-corrected chi connectivity index (χ0v) is 12.3. The minimum Gasteiger partial charge on any atom is -0.497 e. The monoisotopic (exact) mass is 266 g/mol. The molecule has 0 radical (unpaired) electrons. The molecule has 0 amide bonds. The summed E-state index contributed by atoms with van der Waals surface area (Å²) in [7, 11) is 1.72. The third kappa shape index (κ3) is 2.33. The zero-order valence-electron chi connectivity index (χ0n) is 12.3. The molecule has 1 heteroatoms. The standard InChI is InChI=1S/C19H22O/c1-3-14-13-18(15-7-5-4-6-8-15)19(14)16-9-11-17(20-2)12-10-16/h4-12,14,18-19H,3,13H2,1-2H3. The summed E-state index contributed by atoms with van der Waals surface area (Å²) in [5.41, 5.74) is 2.94. The van der Waals surface area contributed by atoms with Crippen LogP contribution in [0.5, 0.6) is 5.75 Å². The summed E-state index contributed by atoms with van der Waals surface area (Å²) in [6.07, 6.45) is 2.58. The summed E-state index contributed by atoms with van der Waals surface area (Å²) in [6, 6.07) is 19.6. The molecule has 2 aromatic carbocycles. The first kappa shape index (κ1) is 13.2. The Morgan fingerprint density at radius 2 is 1.65 bits per heavy atom. The number of hydrogen-bond acceptors (Lipinski definition) is 1. The number of hydrogen-bond donors (Lipinski definition) is 0. The Kier molecular flexibility index (Phi) is 3.77. The third-order valence-corrected chi connectivity index (χ3v) is 4.75. The summed E-state index contributed by atoms with van der Waals surface area (Å²) < 4.78 is 5.27. The van der Waals surface area contributed by atoms with E-state index in [1.54, 1.807) is 7.11 Å². The van der Waals surface area contributed by atoms with Gasteiger partial charge >= 0.3 is 0 Å². The first-order valence-corrected chi connectivity index (χ1v) is 7.52. The van der Waals surface area contributed by atoms with Crippen LogP contribution in [0.1, 0.15) is 42.7 Å². The maximum atomic E-state index is 5.27. The molecule has 1 nitrogen and oxygen atoms in total. The average molecular weight is 266 g/mol. The Hall–Kier alpha value is -1.76. The predicted octanol–water partition coefficient (Wildman–Crippen LogP) is 4.99. The number of ether oxygens (including phenoxy) is 1. The molecule has 1 aliphatic carbocycles. The second kappa shape index (κ2) is 5.70. The van der Waals surface area contributed by atoms with Gasteiger partial charge in [0.25, 0.3) is 0 Å². The molecule has 0 spiro atoms. The van der Waals surface area contributed by atoms with Crippen molar-refractivity contribution in [1.29, 1.82) is 0 Å². The quantitative estimate of drug-likeness (QED) is 0.757. The molecular formula is C19H22O. The van der Waals surface area contributed by atoms with Gasteiger partial charge in [0.05, 0.1) is 7.11 Å². The molecule has 0 bridgehead atoms. The van der Waals surface area contributed by atoms with Gasteiger partial charge in [-0.3, -0.25) is 0 Å². The summed E-state index contributed by atoms with van der Waals surface area (Å²) in [6.45, 7) is 2.31. The van der Waals surface area contributed by atoms with E-state index in [2.05, 4.69) is 61.5 Å². The van der Waals surface area contributed by atoms with Gasteiger partial charge in [-0.1, -0.05) is 55.8 Å². The van der Waals surface area contributed by atoms with Crippen molar-refractivity contribution in [2.45, 2.75) is 31.6 Å². The fraction of sp³-hybridized carbons (Fsp3) is 0.368. The van der Waals surface area contributed by atoms with E-state index in [-0.39, 0.29) is 0 Å². The van der Waals surface area contributed by atoms with Gasteiger partial charge in [-0.2, -0.15) is 0 Å². The largest absolute Gasteiger partial charge is 0.497 e. The first-order valence-electron chi connectivity index (χ1n) is 7.52. The van der Waals surface area contributed by atoms with Crippen LogP contribution in [-0.2, 0) is 0 Å². The lowest BCUT2D eigenvalue weighted by atomic mass is 9.59. The molecule has 1 saturated carbocycles. The zero-order chi connectivity index (χ0) is 13.9. The normalized spacial score (nSPS) is 25.0. The lowest BCUT2D eigenvalue weighted by Gasteiger charge is -2.45. The van der Waals surface area contributed by atoms with Crippen LogP contribution in [0.3, 0.4) is 0 Å². The van der Waals surface area contributed by atoms with Crippen molar-refractivity contribution in [2.24, 2.45) is 5.92 Å². The minimum absolute atomic E-state index is 0.660. The van der Waals surface area contributed by atoms with Crippen molar-refractivity contribution in [1.82, 2.24) is 0 Å². The fourth-order valence-electron chi connectivity index (χ4n) is 3.55. The Morgan fingerprint density at radius 3 is 2.25 bits per heavy atom. The topological polar surface area (TPSA) is 9.23 Å². The summed E-state index contributed by atoms with van der Waals surface area (Å²) in [5.74, 6) is 3.09. The molecule has 1 aliphatic rings. The highest BCUT2D eigenvalue weighted by molar-refractivity contribution is 5.36. The second-order valence-corrected chi connectivity index (χ2v) is 5.72. The van der Waals surface area contributed by atoms with Crippen LogP contribution in [0, 0.1) is 5.92 Å². The number of rotatable bonds is 4. The summed E-state index contributed by atoms with van der Waals surface area (Å²) >= 11 is 0. The molecule has 1 fully saturated rings. The molecule has 3 unspecified atom stereocenters. The van der Waals surface area contributed by atoms with E-state index in [1.807, 2.05) is 0 Å². The maximum Gasteiger partial charge on any atom is 0.118 e. The number of benzene rings is 2. The van der Waals surface area contributed by atoms with Crippen molar-refractivity contribution >= 4 is 0 Å². The highest BCUT2D eigenvalue weighted by atomic mass is 16.5. The predicted molar refractivity (Wildman–Crippen MR) is 83.3 cm³/mol. The van der Waals surface area contributed by atoms with Crippen molar-refractivity contribution in [3.05, 3.63) is 65.7 Å². The van der Waals surface area contributed by atoms with E-state index >= 15 is 0 Å². The molecule has 0 saturated heterocycles. The van der Waals surface area contributed by atoms with Gasteiger partial charge in [0.2, 0.25) is 0 Å². The van der Waals surface area contributed by atoms with Crippen molar-refractivity contribution in [3.63, 3.8) is 0 Å². The van der Waals surface area contributed by atoms with Crippen LogP contribution in [0.4, 0.5) is 0 Å². The van der Waals surface area contributed by atoms with E-state index in [4.69, 9.17) is 4.74 Å². The Balaban J connectivity index is 1.87. The van der Waals surface area contributed by atoms with Crippen LogP contribution < -0.4 is 4.74 Å². The van der Waals surface area contributed by atoms with Gasteiger partial charge in [-0.05, 0) is 47.4 Å². The molecular weight excluding hydrogens is 244 g/mol. The van der Waals surface area contributed by atoms with Crippen LogP contribution in [0.15, 0.2) is 54.6 Å². The van der Waals surface area contributed by atoms with E-state index < -0.39 is 0 Å². The van der Waals surface area contributed by atoms with E-state index in [0.29, 0.717) is 11.8 Å². The SMILES string of the molecule is CCC1CC(c2ccccc2)C1c1ccc(OC)cc1. The maximum absolute atomic E-state index is 5.27. The van der Waals surface area contributed by atoms with Crippen LogP contribution in [-0.4, -0.2) is 7.11 Å². The van der Waals surface area contributed by atoms with Gasteiger partial charge in [-0.15, -0.1) is 0 Å². The molecule has 0 heterocycles. The second-order valence-electron chi connectivity index (χ2n) is 5.72. The van der Waals surface area contributed by atoms with E-state index in [9.17, 15) is 0 Å². The number of methoxy groups -OCH3 is 1. The summed E-state index contributed by atoms with van der Waals surface area (Å²) in [4.78, 5) is 0. The highest BCUT2D eigenvalue weighted by Crippen LogP contribution is 2.54. The average Bonchev–Trinajstić information content (AvgIpc) is 2.49. The first-order chi connectivity index (χ1) is 9.83. The van der Waals surface area contributed by atoms with Gasteiger partial charge in [-0.25, -0.2) is 0 Å². The van der Waals surface area contributed by atoms with Gasteiger partial charge in [0.15, 0.2) is 0 Å². The van der Waals surface area contributed by atoms with Crippen molar-refractivity contribution < 1.29 is 4.74 Å². The molecule has 0 aliphatic heterocycles. The van der Waals surface area contributed by atoms with Gasteiger partial charge in [0.1, 0.15) is 5.75 Å². The molecule has 3 atom stereocenters. The van der Waals surface area contributed by atoms with E-state index in [1.165, 1.54) is 24.0 Å². The van der Waals surface area contributed by atoms with Crippen molar-refractivity contribution in [2.75, 3.05) is 7.11 Å². The Bertz CT molecular complexity index is 544. The van der Waals surface area contributed by atoms with Gasteiger partial charge < -0.3 is 4.74 Å². The molecule has 104 valence electrons. The summed E-state index contributed by atoms with van der Waals surface area (Å²) in [5, 5.41) is 0.